The lowest BCUT2D eigenvalue weighted by Gasteiger charge is -2.04. The molecular weight excluding hydrogens is 172 g/mol. The van der Waals surface area contributed by atoms with E-state index in [1.165, 1.54) is 0 Å². The molecule has 0 N–H and O–H groups in total. The molecule has 0 aromatic rings. The molecule has 74 valence electrons. The van der Waals surface area contributed by atoms with Gasteiger partial charge in [-0.05, 0) is 6.42 Å². The molecule has 1 rings (SSSR count). The van der Waals surface area contributed by atoms with E-state index in [0.717, 1.165) is 12.8 Å². The first kappa shape index (κ1) is 10.2. The van der Waals surface area contributed by atoms with Crippen molar-refractivity contribution in [2.24, 2.45) is 5.92 Å². The maximum atomic E-state index is 10.9. The van der Waals surface area contributed by atoms with Crippen LogP contribution in [-0.4, -0.2) is 25.2 Å². The summed E-state index contributed by atoms with van der Waals surface area (Å²) in [6.07, 6.45) is 2.22. The van der Waals surface area contributed by atoms with Crippen molar-refractivity contribution in [3.63, 3.8) is 0 Å². The van der Waals surface area contributed by atoms with Gasteiger partial charge >= 0.3 is 11.9 Å². The maximum absolute atomic E-state index is 10.9. The third kappa shape index (κ3) is 3.14. The molecule has 0 bridgehead atoms. The molecule has 1 saturated heterocycles. The zero-order chi connectivity index (χ0) is 9.68. The molecule has 0 saturated carbocycles. The lowest BCUT2D eigenvalue weighted by molar-refractivity contribution is -0.153. The Balaban J connectivity index is 2.14. The molecule has 0 aromatic heterocycles. The van der Waals surface area contributed by atoms with Crippen LogP contribution < -0.4 is 0 Å². The van der Waals surface area contributed by atoms with Gasteiger partial charge in [0.2, 0.25) is 0 Å². The summed E-state index contributed by atoms with van der Waals surface area (Å²) >= 11 is 0. The van der Waals surface area contributed by atoms with E-state index in [0.29, 0.717) is 13.2 Å². The number of esters is 2. The van der Waals surface area contributed by atoms with Crippen LogP contribution in [0.2, 0.25) is 0 Å². The SMILES string of the molecule is CCCCOC[C@H]1CC(=O)OC1=O. The molecule has 1 aliphatic rings. The van der Waals surface area contributed by atoms with Gasteiger partial charge in [0.15, 0.2) is 0 Å². The monoisotopic (exact) mass is 186 g/mol. The molecule has 0 amide bonds. The predicted molar refractivity (Wildman–Crippen MR) is 44.9 cm³/mol. The number of hydrogen-bond donors (Lipinski definition) is 0. The zero-order valence-corrected chi connectivity index (χ0v) is 7.75. The molecule has 0 radical (unpaired) electrons. The summed E-state index contributed by atoms with van der Waals surface area (Å²) in [5.41, 5.74) is 0. The second-order valence-corrected chi connectivity index (χ2v) is 3.12. The Hall–Kier alpha value is -0.900. The number of carbonyl (C=O) groups excluding carboxylic acids is 2. The number of cyclic esters (lactones) is 2. The van der Waals surface area contributed by atoms with Crippen LogP contribution in [0.3, 0.4) is 0 Å². The van der Waals surface area contributed by atoms with Gasteiger partial charge in [-0.1, -0.05) is 13.3 Å². The molecule has 4 nitrogen and oxygen atoms in total. The van der Waals surface area contributed by atoms with Gasteiger partial charge in [0.05, 0.1) is 18.9 Å². The van der Waals surface area contributed by atoms with Gasteiger partial charge in [-0.3, -0.25) is 9.59 Å². The molecule has 0 spiro atoms. The quantitative estimate of drug-likeness (QED) is 0.363. The summed E-state index contributed by atoms with van der Waals surface area (Å²) in [5.74, 6) is -1.25. The summed E-state index contributed by atoms with van der Waals surface area (Å²) in [5, 5.41) is 0. The molecule has 4 heteroatoms. The van der Waals surface area contributed by atoms with Gasteiger partial charge in [0, 0.05) is 6.61 Å². The predicted octanol–water partition coefficient (Wildman–Crippen LogP) is 0.893. The van der Waals surface area contributed by atoms with Crippen molar-refractivity contribution in [3.05, 3.63) is 0 Å². The molecule has 1 aliphatic heterocycles. The summed E-state index contributed by atoms with van der Waals surface area (Å²) in [6.45, 7) is 3.02. The minimum absolute atomic E-state index is 0.172. The standard InChI is InChI=1S/C9H14O4/c1-2-3-4-12-6-7-5-8(10)13-9(7)11/h7H,2-6H2,1H3/t7-/m1/s1. The third-order valence-electron chi connectivity index (χ3n) is 1.92. The molecule has 1 heterocycles. The van der Waals surface area contributed by atoms with E-state index in [2.05, 4.69) is 11.7 Å². The summed E-state index contributed by atoms with van der Waals surface area (Å²) in [7, 11) is 0. The third-order valence-corrected chi connectivity index (χ3v) is 1.92. The number of rotatable bonds is 5. The van der Waals surface area contributed by atoms with Crippen molar-refractivity contribution in [1.82, 2.24) is 0 Å². The van der Waals surface area contributed by atoms with Crippen LogP contribution in [0, 0.1) is 5.92 Å². The number of unbranched alkanes of at least 4 members (excludes halogenated alkanes) is 1. The normalized spacial score (nSPS) is 22.1. The zero-order valence-electron chi connectivity index (χ0n) is 7.75. The Kier molecular flexibility index (Phi) is 3.89. The van der Waals surface area contributed by atoms with E-state index in [9.17, 15) is 9.59 Å². The fraction of sp³-hybridized carbons (Fsp3) is 0.778. The molecule has 0 unspecified atom stereocenters. The minimum atomic E-state index is -0.443. The van der Waals surface area contributed by atoms with Gasteiger partial charge in [0.1, 0.15) is 0 Å². The van der Waals surface area contributed by atoms with E-state index in [4.69, 9.17) is 4.74 Å². The number of carbonyl (C=O) groups is 2. The van der Waals surface area contributed by atoms with Crippen LogP contribution in [0.4, 0.5) is 0 Å². The number of hydrogen-bond acceptors (Lipinski definition) is 4. The van der Waals surface area contributed by atoms with Crippen LogP contribution in [0.5, 0.6) is 0 Å². The fourth-order valence-corrected chi connectivity index (χ4v) is 1.12. The highest BCUT2D eigenvalue weighted by molar-refractivity contribution is 5.94. The van der Waals surface area contributed by atoms with Crippen molar-refractivity contribution in [3.8, 4) is 0 Å². The first-order valence-corrected chi connectivity index (χ1v) is 4.56. The second kappa shape index (κ2) is 4.97. The van der Waals surface area contributed by atoms with E-state index in [1.54, 1.807) is 0 Å². The Morgan fingerprint density at radius 1 is 1.54 bits per heavy atom. The topological polar surface area (TPSA) is 52.6 Å². The van der Waals surface area contributed by atoms with Crippen LogP contribution in [0.15, 0.2) is 0 Å². The van der Waals surface area contributed by atoms with Crippen molar-refractivity contribution in [1.29, 1.82) is 0 Å². The van der Waals surface area contributed by atoms with Crippen LogP contribution in [0.1, 0.15) is 26.2 Å². The van der Waals surface area contributed by atoms with Gasteiger partial charge in [-0.15, -0.1) is 0 Å². The lowest BCUT2D eigenvalue weighted by Crippen LogP contribution is -2.15. The Morgan fingerprint density at radius 3 is 2.85 bits per heavy atom. The Morgan fingerprint density at radius 2 is 2.31 bits per heavy atom. The van der Waals surface area contributed by atoms with Crippen LogP contribution in [0.25, 0.3) is 0 Å². The molecule has 1 atom stereocenters. The average Bonchev–Trinajstić information content (AvgIpc) is 2.39. The Bertz CT molecular complexity index is 200. The van der Waals surface area contributed by atoms with Crippen molar-refractivity contribution in [2.75, 3.05) is 13.2 Å². The first-order valence-electron chi connectivity index (χ1n) is 4.56. The maximum Gasteiger partial charge on any atom is 0.319 e. The van der Waals surface area contributed by atoms with Gasteiger partial charge in [0.25, 0.3) is 0 Å². The molecular formula is C9H14O4. The lowest BCUT2D eigenvalue weighted by atomic mass is 10.1. The van der Waals surface area contributed by atoms with Gasteiger partial charge < -0.3 is 9.47 Å². The van der Waals surface area contributed by atoms with Crippen molar-refractivity contribution >= 4 is 11.9 Å². The fourth-order valence-electron chi connectivity index (χ4n) is 1.12. The van der Waals surface area contributed by atoms with Crippen molar-refractivity contribution < 1.29 is 19.1 Å². The summed E-state index contributed by atoms with van der Waals surface area (Å²) in [6, 6.07) is 0. The largest absolute Gasteiger partial charge is 0.393 e. The smallest absolute Gasteiger partial charge is 0.319 e. The molecule has 1 fully saturated rings. The van der Waals surface area contributed by atoms with Crippen LogP contribution >= 0.6 is 0 Å². The molecule has 0 aromatic carbocycles. The van der Waals surface area contributed by atoms with E-state index < -0.39 is 11.9 Å². The van der Waals surface area contributed by atoms with E-state index in [-0.39, 0.29) is 12.3 Å². The van der Waals surface area contributed by atoms with E-state index in [1.807, 2.05) is 0 Å². The van der Waals surface area contributed by atoms with Gasteiger partial charge in [-0.2, -0.15) is 0 Å². The number of ether oxygens (including phenoxy) is 2. The molecule has 13 heavy (non-hydrogen) atoms. The van der Waals surface area contributed by atoms with Crippen molar-refractivity contribution in [2.45, 2.75) is 26.2 Å². The Labute approximate surface area is 77.2 Å². The highest BCUT2D eigenvalue weighted by atomic mass is 16.6. The molecule has 0 aliphatic carbocycles. The minimum Gasteiger partial charge on any atom is -0.393 e. The summed E-state index contributed by atoms with van der Waals surface area (Å²) < 4.78 is 9.60. The first-order chi connectivity index (χ1) is 6.24. The second-order valence-electron chi connectivity index (χ2n) is 3.12. The van der Waals surface area contributed by atoms with E-state index >= 15 is 0 Å². The van der Waals surface area contributed by atoms with Gasteiger partial charge in [-0.25, -0.2) is 0 Å². The van der Waals surface area contributed by atoms with Crippen LogP contribution in [-0.2, 0) is 19.1 Å². The highest BCUT2D eigenvalue weighted by Crippen LogP contribution is 2.15. The summed E-state index contributed by atoms with van der Waals surface area (Å²) in [4.78, 5) is 21.6. The average molecular weight is 186 g/mol. The highest BCUT2D eigenvalue weighted by Gasteiger charge is 2.33.